The molecule has 0 spiro atoms. The maximum Gasteiger partial charge on any atom is 1.00 e. The second-order valence-electron chi connectivity index (χ2n) is 4.64. The van der Waals surface area contributed by atoms with E-state index in [9.17, 15) is 9.90 Å². The van der Waals surface area contributed by atoms with E-state index in [0.717, 1.165) is 9.13 Å². The van der Waals surface area contributed by atoms with E-state index in [1.807, 2.05) is 57.3 Å². The largest absolute Gasteiger partial charge is 1.00 e. The van der Waals surface area contributed by atoms with Gasteiger partial charge in [-0.25, -0.2) is 0 Å². The summed E-state index contributed by atoms with van der Waals surface area (Å²) in [7, 11) is 0. The summed E-state index contributed by atoms with van der Waals surface area (Å²) < 4.78 is 6.85. The fourth-order valence-electron chi connectivity index (χ4n) is 1.79. The molecule has 9 heteroatoms. The summed E-state index contributed by atoms with van der Waals surface area (Å²) in [5, 5.41) is 20.4. The van der Waals surface area contributed by atoms with Gasteiger partial charge >= 0.3 is 35.5 Å². The molecule has 0 radical (unpaired) electrons. The number of nitrogens with two attached hydrogens (primary N) is 1. The Morgan fingerprint density at radius 2 is 1.67 bits per heavy atom. The molecule has 2 aromatic rings. The molecule has 0 unspecified atom stereocenters. The number of aliphatic carboxylic acids is 1. The molecule has 0 aliphatic heterocycles. The molecule has 2 atom stereocenters. The summed E-state index contributed by atoms with van der Waals surface area (Å²) in [6, 6.07) is 9.16. The molecule has 0 bridgehead atoms. The number of carboxylic acids is 1. The van der Waals surface area contributed by atoms with Crippen LogP contribution >= 0.6 is 67.8 Å². The van der Waals surface area contributed by atoms with Crippen molar-refractivity contribution in [3.8, 4) is 17.2 Å². The van der Waals surface area contributed by atoms with E-state index in [1.54, 1.807) is 18.2 Å². The molecule has 0 saturated carbocycles. The van der Waals surface area contributed by atoms with Crippen LogP contribution in [0.4, 0.5) is 0 Å². The van der Waals surface area contributed by atoms with E-state index < -0.39 is 12.0 Å². The fraction of sp³-hybridized carbons (Fsp3) is 0.133. The number of halogens is 3. The van der Waals surface area contributed by atoms with E-state index in [0.29, 0.717) is 15.1 Å². The molecule has 0 aliphatic carbocycles. The summed E-state index contributed by atoms with van der Waals surface area (Å²) in [6.07, 6.45) is 0. The minimum atomic E-state index is -1.03. The van der Waals surface area contributed by atoms with Crippen molar-refractivity contribution in [3.63, 3.8) is 0 Å². The van der Waals surface area contributed by atoms with Gasteiger partial charge in [0, 0.05) is 7.14 Å². The summed E-state index contributed by atoms with van der Waals surface area (Å²) in [5.74, 6) is 0.108. The van der Waals surface area contributed by atoms with Crippen LogP contribution < -0.4 is 45.1 Å². The Labute approximate surface area is 202 Å². The Morgan fingerprint density at radius 3 is 2.17 bits per heavy atom. The van der Waals surface area contributed by atoms with Crippen molar-refractivity contribution in [2.45, 2.75) is 9.97 Å². The standard InChI is InChI=1S/C15H12I3NO4.Na/c16-10-5-7(23-8-2-4-12(20)11(17)6-8)1-3-9(10)13(18)14(19)15(21)22;/h1-6,13-14,20H,19H2,(H,21,22);/q;+1/p-1/t13-,14+;/m0./s1. The van der Waals surface area contributed by atoms with Crippen LogP contribution in [-0.4, -0.2) is 17.1 Å². The average Bonchev–Trinajstić information content (AvgIpc) is 2.49. The molecule has 2 rings (SSSR count). The monoisotopic (exact) mass is 673 g/mol. The van der Waals surface area contributed by atoms with Crippen molar-refractivity contribution in [2.75, 3.05) is 0 Å². The molecule has 2 aromatic carbocycles. The van der Waals surface area contributed by atoms with Crippen LogP contribution in [0.15, 0.2) is 36.4 Å². The van der Waals surface area contributed by atoms with Gasteiger partial charge in [0.2, 0.25) is 0 Å². The maximum absolute atomic E-state index is 11.4. The molecular formula is C15H11I3NNaO4. The van der Waals surface area contributed by atoms with Gasteiger partial charge in [-0.2, -0.15) is 0 Å². The van der Waals surface area contributed by atoms with Gasteiger partial charge in [0.1, 0.15) is 17.5 Å². The topological polar surface area (TPSA) is 95.6 Å². The predicted molar refractivity (Wildman–Crippen MR) is 110 cm³/mol. The summed E-state index contributed by atoms with van der Waals surface area (Å²) in [4.78, 5) is 11.0. The zero-order valence-corrected chi connectivity index (χ0v) is 21.0. The van der Waals surface area contributed by atoms with E-state index >= 15 is 0 Å². The first kappa shape index (κ1) is 22.7. The molecule has 122 valence electrons. The second kappa shape index (κ2) is 10.1. The molecule has 24 heavy (non-hydrogen) atoms. The van der Waals surface area contributed by atoms with Crippen molar-refractivity contribution < 1.29 is 49.3 Å². The number of carbonyl (C=O) groups is 1. The van der Waals surface area contributed by atoms with Crippen LogP contribution in [0, 0.1) is 7.14 Å². The second-order valence-corrected chi connectivity index (χ2v) is 8.31. The van der Waals surface area contributed by atoms with E-state index in [-0.39, 0.29) is 39.2 Å². The molecule has 0 saturated heterocycles. The van der Waals surface area contributed by atoms with Crippen LogP contribution in [0.3, 0.4) is 0 Å². The van der Waals surface area contributed by atoms with Crippen LogP contribution in [0.25, 0.3) is 0 Å². The van der Waals surface area contributed by atoms with Crippen molar-refractivity contribution in [3.05, 3.63) is 49.1 Å². The number of ether oxygens (including phenoxy) is 1. The number of hydrogen-bond acceptors (Lipinski definition) is 4. The molecule has 0 heterocycles. The minimum absolute atomic E-state index is 0. The smallest absolute Gasteiger partial charge is 0.872 e. The zero-order valence-electron chi connectivity index (χ0n) is 12.5. The molecule has 0 aliphatic rings. The van der Waals surface area contributed by atoms with Crippen LogP contribution in [0.1, 0.15) is 9.49 Å². The normalized spacial score (nSPS) is 12.8. The van der Waals surface area contributed by atoms with E-state index in [4.69, 9.17) is 15.6 Å². The Morgan fingerprint density at radius 1 is 1.12 bits per heavy atom. The number of rotatable bonds is 5. The van der Waals surface area contributed by atoms with Gasteiger partial charge in [-0.15, -0.1) is 0 Å². The number of carboxylic acid groups (broad SMARTS) is 1. The molecule has 0 amide bonds. The third-order valence-corrected chi connectivity index (χ3v) is 6.23. The number of alkyl halides is 1. The van der Waals surface area contributed by atoms with Gasteiger partial charge in [-0.05, 0) is 75.0 Å². The Hall–Kier alpha value is 0.660. The SMILES string of the molecule is N[C@@H](C(=O)O)[C@@H](I)c1ccc(Oc2ccc([O-])c(I)c2)cc1I.[Na+]. The molecular weight excluding hydrogens is 662 g/mol. The minimum Gasteiger partial charge on any atom is -0.872 e. The third kappa shape index (κ3) is 5.84. The summed E-state index contributed by atoms with van der Waals surface area (Å²) >= 11 is 6.12. The van der Waals surface area contributed by atoms with Gasteiger partial charge in [0.05, 0.1) is 3.92 Å². The summed E-state index contributed by atoms with van der Waals surface area (Å²) in [6.45, 7) is 0. The first-order valence-corrected chi connectivity index (χ1v) is 9.76. The van der Waals surface area contributed by atoms with Crippen molar-refractivity contribution in [1.82, 2.24) is 0 Å². The van der Waals surface area contributed by atoms with Crippen LogP contribution in [-0.2, 0) is 4.79 Å². The Kier molecular flexibility index (Phi) is 9.57. The number of benzene rings is 2. The first-order chi connectivity index (χ1) is 10.8. The summed E-state index contributed by atoms with van der Waals surface area (Å²) in [5.41, 5.74) is 6.53. The first-order valence-electron chi connectivity index (χ1n) is 6.36. The van der Waals surface area contributed by atoms with E-state index in [2.05, 4.69) is 22.6 Å². The fourth-order valence-corrected chi connectivity index (χ4v) is 4.55. The quantitative estimate of drug-likeness (QED) is 0.277. The maximum atomic E-state index is 11.4. The van der Waals surface area contributed by atoms with Crippen LogP contribution in [0.5, 0.6) is 17.2 Å². The van der Waals surface area contributed by atoms with Crippen molar-refractivity contribution in [1.29, 1.82) is 0 Å². The Bertz CT molecular complexity index is 745. The van der Waals surface area contributed by atoms with Gasteiger partial charge in [-0.1, -0.05) is 40.5 Å². The number of hydrogen-bond donors (Lipinski definition) is 2. The van der Waals surface area contributed by atoms with E-state index in [1.165, 1.54) is 6.07 Å². The van der Waals surface area contributed by atoms with Crippen molar-refractivity contribution >= 4 is 73.7 Å². The molecule has 3 N–H and O–H groups in total. The Balaban J connectivity index is 0.00000288. The molecule has 0 aromatic heterocycles. The zero-order chi connectivity index (χ0) is 17.1. The van der Waals surface area contributed by atoms with Gasteiger partial charge in [0.15, 0.2) is 0 Å². The van der Waals surface area contributed by atoms with Gasteiger partial charge < -0.3 is 20.7 Å². The van der Waals surface area contributed by atoms with Gasteiger partial charge in [0.25, 0.3) is 0 Å². The van der Waals surface area contributed by atoms with Crippen molar-refractivity contribution in [2.24, 2.45) is 5.73 Å². The van der Waals surface area contributed by atoms with Gasteiger partial charge in [-0.3, -0.25) is 4.79 Å². The average molecular weight is 673 g/mol. The predicted octanol–water partition coefficient (Wildman–Crippen LogP) is 0.654. The van der Waals surface area contributed by atoms with Crippen LogP contribution in [0.2, 0.25) is 0 Å². The molecule has 5 nitrogen and oxygen atoms in total. The molecule has 0 fully saturated rings. The third-order valence-electron chi connectivity index (χ3n) is 3.01.